The van der Waals surface area contributed by atoms with Gasteiger partial charge in [0.2, 0.25) is 5.91 Å². The van der Waals surface area contributed by atoms with Gasteiger partial charge < -0.3 is 5.32 Å². The molecule has 0 unspecified atom stereocenters. The lowest BCUT2D eigenvalue weighted by Crippen LogP contribution is -2.11. The molecule has 1 heterocycles. The number of nitrogens with one attached hydrogen (secondary N) is 1. The van der Waals surface area contributed by atoms with Crippen molar-refractivity contribution in [3.05, 3.63) is 23.5 Å². The lowest BCUT2D eigenvalue weighted by molar-refractivity contribution is -0.116. The fraction of sp³-hybridized carbons (Fsp3) is 0.455. The quantitative estimate of drug-likeness (QED) is 0.619. The first-order chi connectivity index (χ1) is 7.24. The van der Waals surface area contributed by atoms with Crippen LogP contribution < -0.4 is 5.32 Å². The van der Waals surface area contributed by atoms with Gasteiger partial charge in [0.15, 0.2) is 5.15 Å². The number of pyridine rings is 1. The van der Waals surface area contributed by atoms with Gasteiger partial charge in [0.05, 0.1) is 5.69 Å². The Balaban J connectivity index is 2.41. The Labute approximate surface area is 94.9 Å². The number of aromatic nitrogens is 1. The van der Waals surface area contributed by atoms with Gasteiger partial charge in [-0.15, -0.1) is 0 Å². The molecule has 1 aromatic rings. The van der Waals surface area contributed by atoms with E-state index < -0.39 is 0 Å². The highest BCUT2D eigenvalue weighted by Crippen LogP contribution is 2.17. The van der Waals surface area contributed by atoms with Gasteiger partial charge in [0.25, 0.3) is 0 Å². The molecule has 0 fully saturated rings. The zero-order valence-electron chi connectivity index (χ0n) is 8.79. The predicted molar refractivity (Wildman–Crippen MR) is 62.0 cm³/mol. The summed E-state index contributed by atoms with van der Waals surface area (Å²) >= 11 is 5.80. The van der Waals surface area contributed by atoms with Crippen LogP contribution in [0.5, 0.6) is 0 Å². The molecule has 4 heteroatoms. The van der Waals surface area contributed by atoms with E-state index in [-0.39, 0.29) is 5.91 Å². The van der Waals surface area contributed by atoms with Gasteiger partial charge in [-0.3, -0.25) is 4.79 Å². The van der Waals surface area contributed by atoms with Crippen molar-refractivity contribution in [2.45, 2.75) is 32.6 Å². The molecule has 0 aromatic carbocycles. The van der Waals surface area contributed by atoms with E-state index in [9.17, 15) is 4.79 Å². The molecule has 0 aliphatic carbocycles. The first-order valence-electron chi connectivity index (χ1n) is 5.14. The van der Waals surface area contributed by atoms with Crippen LogP contribution in [0.3, 0.4) is 0 Å². The molecule has 0 bridgehead atoms. The van der Waals surface area contributed by atoms with Gasteiger partial charge in [-0.05, 0) is 18.6 Å². The molecule has 1 amide bonds. The van der Waals surface area contributed by atoms with Crippen LogP contribution in [0, 0.1) is 0 Å². The molecular weight excluding hydrogens is 212 g/mol. The molecule has 1 rings (SSSR count). The lowest BCUT2D eigenvalue weighted by atomic mass is 10.2. The third-order valence-electron chi connectivity index (χ3n) is 2.04. The van der Waals surface area contributed by atoms with Gasteiger partial charge >= 0.3 is 0 Å². The van der Waals surface area contributed by atoms with E-state index in [2.05, 4.69) is 17.2 Å². The van der Waals surface area contributed by atoms with E-state index in [1.165, 1.54) is 0 Å². The van der Waals surface area contributed by atoms with Crippen molar-refractivity contribution in [1.29, 1.82) is 0 Å². The highest BCUT2D eigenvalue weighted by atomic mass is 35.5. The van der Waals surface area contributed by atoms with Crippen molar-refractivity contribution in [2.24, 2.45) is 0 Å². The van der Waals surface area contributed by atoms with Crippen molar-refractivity contribution in [2.75, 3.05) is 5.32 Å². The Morgan fingerprint density at radius 2 is 2.33 bits per heavy atom. The molecule has 15 heavy (non-hydrogen) atoms. The molecule has 0 spiro atoms. The first-order valence-corrected chi connectivity index (χ1v) is 5.52. The highest BCUT2D eigenvalue weighted by Gasteiger charge is 2.04. The monoisotopic (exact) mass is 226 g/mol. The Morgan fingerprint density at radius 1 is 1.53 bits per heavy atom. The summed E-state index contributed by atoms with van der Waals surface area (Å²) in [6, 6.07) is 3.49. The number of nitrogens with zero attached hydrogens (tertiary/aromatic N) is 1. The summed E-state index contributed by atoms with van der Waals surface area (Å²) < 4.78 is 0. The molecule has 0 radical (unpaired) electrons. The average Bonchev–Trinajstić information content (AvgIpc) is 2.22. The standard InChI is InChI=1S/C11H15ClN2O/c1-2-3-4-7-10(15)14-9-6-5-8-13-11(9)12/h5-6,8H,2-4,7H2,1H3,(H,14,15). The number of anilines is 1. The molecule has 0 saturated carbocycles. The molecule has 1 N–H and O–H groups in total. The summed E-state index contributed by atoms with van der Waals surface area (Å²) in [7, 11) is 0. The SMILES string of the molecule is CCCCCC(=O)Nc1cccnc1Cl. The fourth-order valence-electron chi connectivity index (χ4n) is 1.23. The molecule has 0 saturated heterocycles. The first kappa shape index (κ1) is 12.0. The second kappa shape index (κ2) is 6.40. The molecule has 3 nitrogen and oxygen atoms in total. The topological polar surface area (TPSA) is 42.0 Å². The Kier molecular flexibility index (Phi) is 5.12. The number of carbonyl (C=O) groups is 1. The average molecular weight is 227 g/mol. The normalized spacial score (nSPS) is 10.0. The zero-order valence-corrected chi connectivity index (χ0v) is 9.55. The maximum atomic E-state index is 11.4. The van der Waals surface area contributed by atoms with Crippen molar-refractivity contribution in [3.8, 4) is 0 Å². The number of halogens is 1. The minimum Gasteiger partial charge on any atom is -0.323 e. The van der Waals surface area contributed by atoms with E-state index in [0.29, 0.717) is 17.3 Å². The number of rotatable bonds is 5. The summed E-state index contributed by atoms with van der Waals surface area (Å²) in [5.74, 6) is -0.00153. The molecule has 82 valence electrons. The van der Waals surface area contributed by atoms with Gasteiger partial charge in [-0.2, -0.15) is 0 Å². The van der Waals surface area contributed by atoms with Crippen LogP contribution in [-0.4, -0.2) is 10.9 Å². The lowest BCUT2D eigenvalue weighted by Gasteiger charge is -2.05. The van der Waals surface area contributed by atoms with Crippen molar-refractivity contribution >= 4 is 23.2 Å². The van der Waals surface area contributed by atoms with Crippen LogP contribution in [0.2, 0.25) is 5.15 Å². The molecule has 0 aliphatic rings. The molecule has 0 aliphatic heterocycles. The van der Waals surface area contributed by atoms with Crippen LogP contribution in [0.1, 0.15) is 32.6 Å². The van der Waals surface area contributed by atoms with Crippen molar-refractivity contribution in [3.63, 3.8) is 0 Å². The number of carbonyl (C=O) groups excluding carboxylic acids is 1. The minimum absolute atomic E-state index is 0.00153. The number of hydrogen-bond acceptors (Lipinski definition) is 2. The maximum Gasteiger partial charge on any atom is 0.224 e. The van der Waals surface area contributed by atoms with Crippen LogP contribution in [0.25, 0.3) is 0 Å². The van der Waals surface area contributed by atoms with Crippen LogP contribution in [-0.2, 0) is 4.79 Å². The highest BCUT2D eigenvalue weighted by molar-refractivity contribution is 6.32. The second-order valence-corrected chi connectivity index (χ2v) is 3.71. The van der Waals surface area contributed by atoms with Crippen LogP contribution in [0.4, 0.5) is 5.69 Å². The van der Waals surface area contributed by atoms with Gasteiger partial charge in [-0.25, -0.2) is 4.98 Å². The second-order valence-electron chi connectivity index (χ2n) is 3.35. The summed E-state index contributed by atoms with van der Waals surface area (Å²) in [6.07, 6.45) is 5.24. The summed E-state index contributed by atoms with van der Waals surface area (Å²) in [5.41, 5.74) is 0.584. The van der Waals surface area contributed by atoms with Crippen molar-refractivity contribution in [1.82, 2.24) is 4.98 Å². The third kappa shape index (κ3) is 4.30. The smallest absolute Gasteiger partial charge is 0.224 e. The van der Waals surface area contributed by atoms with Gasteiger partial charge in [0.1, 0.15) is 0 Å². The summed E-state index contributed by atoms with van der Waals surface area (Å²) in [4.78, 5) is 15.3. The minimum atomic E-state index is -0.00153. The van der Waals surface area contributed by atoms with E-state index in [1.807, 2.05) is 0 Å². The Morgan fingerprint density at radius 3 is 3.00 bits per heavy atom. The van der Waals surface area contributed by atoms with Gasteiger partial charge in [-0.1, -0.05) is 31.4 Å². The molecule has 0 atom stereocenters. The van der Waals surface area contributed by atoms with Crippen LogP contribution >= 0.6 is 11.6 Å². The largest absolute Gasteiger partial charge is 0.323 e. The van der Waals surface area contributed by atoms with Gasteiger partial charge in [0, 0.05) is 12.6 Å². The Hall–Kier alpha value is -1.09. The predicted octanol–water partition coefficient (Wildman–Crippen LogP) is 3.25. The number of hydrogen-bond donors (Lipinski definition) is 1. The van der Waals surface area contributed by atoms with E-state index in [4.69, 9.17) is 11.6 Å². The van der Waals surface area contributed by atoms with E-state index in [0.717, 1.165) is 19.3 Å². The van der Waals surface area contributed by atoms with E-state index >= 15 is 0 Å². The van der Waals surface area contributed by atoms with Crippen LogP contribution in [0.15, 0.2) is 18.3 Å². The Bertz CT molecular complexity index is 328. The fourth-order valence-corrected chi connectivity index (χ4v) is 1.39. The third-order valence-corrected chi connectivity index (χ3v) is 2.34. The zero-order chi connectivity index (χ0) is 11.1. The summed E-state index contributed by atoms with van der Waals surface area (Å²) in [6.45, 7) is 2.11. The number of amides is 1. The number of unbranched alkanes of at least 4 members (excludes halogenated alkanes) is 2. The van der Waals surface area contributed by atoms with E-state index in [1.54, 1.807) is 18.3 Å². The van der Waals surface area contributed by atoms with Crippen molar-refractivity contribution < 1.29 is 4.79 Å². The maximum absolute atomic E-state index is 11.4. The molecule has 1 aromatic heterocycles. The summed E-state index contributed by atoms with van der Waals surface area (Å²) in [5, 5.41) is 3.07. The molecular formula is C11H15ClN2O.